The van der Waals surface area contributed by atoms with Crippen LogP contribution in [0.15, 0.2) is 35.8 Å². The van der Waals surface area contributed by atoms with Gasteiger partial charge < -0.3 is 25.7 Å². The Balaban J connectivity index is 2.04. The standard InChI is InChI=1S/C13H17N3O4/c14-12(11(16-15)13(17)18)20-10-3-1-2-9(6-10)19-7-8-4-5-8/h1-3,6,8,16H,4-5,7,14-15H2,(H,17,18)/b12-11+. The Bertz CT molecular complexity index is 526. The van der Waals surface area contributed by atoms with Gasteiger partial charge in [-0.25, -0.2) is 4.79 Å². The van der Waals surface area contributed by atoms with Crippen LogP contribution in [-0.2, 0) is 4.79 Å². The monoisotopic (exact) mass is 279 g/mol. The summed E-state index contributed by atoms with van der Waals surface area (Å²) in [6.07, 6.45) is 2.41. The minimum atomic E-state index is -1.30. The van der Waals surface area contributed by atoms with Crippen molar-refractivity contribution < 1.29 is 19.4 Å². The molecule has 1 saturated carbocycles. The Hall–Kier alpha value is -2.41. The van der Waals surface area contributed by atoms with Crippen molar-refractivity contribution in [2.24, 2.45) is 17.5 Å². The number of aliphatic carboxylic acids is 1. The van der Waals surface area contributed by atoms with E-state index >= 15 is 0 Å². The molecule has 1 aliphatic rings. The lowest BCUT2D eigenvalue weighted by Gasteiger charge is -2.10. The van der Waals surface area contributed by atoms with Crippen LogP contribution in [-0.4, -0.2) is 17.7 Å². The highest BCUT2D eigenvalue weighted by atomic mass is 16.5. The Morgan fingerprint density at radius 3 is 2.70 bits per heavy atom. The average molecular weight is 279 g/mol. The summed E-state index contributed by atoms with van der Waals surface area (Å²) in [5.74, 6) is 5.13. The average Bonchev–Trinajstić information content (AvgIpc) is 3.21. The third-order valence-corrected chi connectivity index (χ3v) is 2.82. The molecule has 0 atom stereocenters. The van der Waals surface area contributed by atoms with Gasteiger partial charge in [-0.2, -0.15) is 0 Å². The van der Waals surface area contributed by atoms with Gasteiger partial charge in [-0.15, -0.1) is 0 Å². The first kappa shape index (κ1) is 14.0. The molecule has 7 heteroatoms. The number of nitrogens with one attached hydrogen (secondary N) is 1. The molecule has 0 aliphatic heterocycles. The quantitative estimate of drug-likeness (QED) is 0.249. The largest absolute Gasteiger partial charge is 0.493 e. The first-order valence-electron chi connectivity index (χ1n) is 6.20. The van der Waals surface area contributed by atoms with Crippen LogP contribution in [0.4, 0.5) is 0 Å². The maximum atomic E-state index is 10.8. The van der Waals surface area contributed by atoms with Gasteiger partial charge in [0.2, 0.25) is 5.88 Å². The van der Waals surface area contributed by atoms with E-state index in [2.05, 4.69) is 0 Å². The van der Waals surface area contributed by atoms with Crippen molar-refractivity contribution in [3.63, 3.8) is 0 Å². The molecule has 1 aliphatic carbocycles. The molecule has 108 valence electrons. The molecule has 0 saturated heterocycles. The zero-order valence-electron chi connectivity index (χ0n) is 10.8. The lowest BCUT2D eigenvalue weighted by atomic mass is 10.3. The zero-order valence-corrected chi connectivity index (χ0v) is 10.8. The second-order valence-corrected chi connectivity index (χ2v) is 4.52. The van der Waals surface area contributed by atoms with E-state index in [0.717, 1.165) is 0 Å². The number of carboxylic acids is 1. The lowest BCUT2D eigenvalue weighted by Crippen LogP contribution is -2.31. The van der Waals surface area contributed by atoms with Gasteiger partial charge in [-0.05, 0) is 30.9 Å². The molecule has 0 unspecified atom stereocenters. The van der Waals surface area contributed by atoms with E-state index in [-0.39, 0.29) is 5.88 Å². The van der Waals surface area contributed by atoms with E-state index in [1.807, 2.05) is 5.43 Å². The second-order valence-electron chi connectivity index (χ2n) is 4.52. The van der Waals surface area contributed by atoms with Gasteiger partial charge >= 0.3 is 5.97 Å². The first-order valence-corrected chi connectivity index (χ1v) is 6.20. The number of hydrogen-bond acceptors (Lipinski definition) is 6. The second kappa shape index (κ2) is 6.16. The molecule has 0 bridgehead atoms. The molecule has 0 aromatic heterocycles. The number of benzene rings is 1. The van der Waals surface area contributed by atoms with Crippen LogP contribution < -0.4 is 26.5 Å². The summed E-state index contributed by atoms with van der Waals surface area (Å²) in [4.78, 5) is 10.8. The van der Waals surface area contributed by atoms with Crippen molar-refractivity contribution in [2.45, 2.75) is 12.8 Å². The van der Waals surface area contributed by atoms with E-state index in [1.165, 1.54) is 12.8 Å². The first-order chi connectivity index (χ1) is 9.60. The van der Waals surface area contributed by atoms with E-state index < -0.39 is 11.7 Å². The number of nitrogens with two attached hydrogens (primary N) is 2. The van der Waals surface area contributed by atoms with E-state index in [4.69, 9.17) is 26.2 Å². The van der Waals surface area contributed by atoms with E-state index in [0.29, 0.717) is 24.0 Å². The number of ether oxygens (including phenoxy) is 2. The van der Waals surface area contributed by atoms with Crippen LogP contribution >= 0.6 is 0 Å². The fourth-order valence-electron chi connectivity index (χ4n) is 1.54. The van der Waals surface area contributed by atoms with Crippen molar-refractivity contribution in [3.05, 3.63) is 35.8 Å². The molecule has 0 spiro atoms. The smallest absolute Gasteiger partial charge is 0.358 e. The van der Waals surface area contributed by atoms with Crippen LogP contribution in [0.25, 0.3) is 0 Å². The summed E-state index contributed by atoms with van der Waals surface area (Å²) in [6.45, 7) is 0.680. The van der Waals surface area contributed by atoms with Gasteiger partial charge in [-0.1, -0.05) is 6.07 Å². The molecule has 1 fully saturated rings. The van der Waals surface area contributed by atoms with Crippen LogP contribution in [0.1, 0.15) is 12.8 Å². The number of hydrazine groups is 1. The Kier molecular flexibility index (Phi) is 4.31. The summed E-state index contributed by atoms with van der Waals surface area (Å²) < 4.78 is 10.8. The minimum absolute atomic E-state index is 0.320. The van der Waals surface area contributed by atoms with Crippen LogP contribution in [0.5, 0.6) is 11.5 Å². The van der Waals surface area contributed by atoms with E-state index in [9.17, 15) is 4.79 Å². The topological polar surface area (TPSA) is 120 Å². The molecule has 0 heterocycles. The number of carboxylic acid groups (broad SMARTS) is 1. The highest BCUT2D eigenvalue weighted by molar-refractivity contribution is 5.86. The van der Waals surface area contributed by atoms with Crippen molar-refractivity contribution in [1.82, 2.24) is 5.43 Å². The highest BCUT2D eigenvalue weighted by Gasteiger charge is 2.22. The third-order valence-electron chi connectivity index (χ3n) is 2.82. The minimum Gasteiger partial charge on any atom is -0.493 e. The van der Waals surface area contributed by atoms with E-state index in [1.54, 1.807) is 24.3 Å². The molecule has 0 amide bonds. The fraction of sp³-hybridized carbons (Fsp3) is 0.308. The van der Waals surface area contributed by atoms with Gasteiger partial charge in [0.05, 0.1) is 6.61 Å². The van der Waals surface area contributed by atoms with Gasteiger partial charge in [0.1, 0.15) is 11.5 Å². The SMILES string of the molecule is NN/C(C(=O)O)=C(\N)Oc1cccc(OCC2CC2)c1. The molecule has 2 rings (SSSR count). The summed E-state index contributed by atoms with van der Waals surface area (Å²) >= 11 is 0. The molecule has 7 nitrogen and oxygen atoms in total. The van der Waals surface area contributed by atoms with Gasteiger partial charge in [0.25, 0.3) is 0 Å². The van der Waals surface area contributed by atoms with Crippen LogP contribution in [0.3, 0.4) is 0 Å². The molecular formula is C13H17N3O4. The Labute approximate surface area is 116 Å². The predicted molar refractivity (Wildman–Crippen MR) is 71.5 cm³/mol. The maximum Gasteiger partial charge on any atom is 0.358 e. The normalized spacial score (nSPS) is 15.2. The Morgan fingerprint density at radius 1 is 1.40 bits per heavy atom. The Morgan fingerprint density at radius 2 is 2.10 bits per heavy atom. The summed E-state index contributed by atoms with van der Waals surface area (Å²) in [5.41, 5.74) is 7.11. The third kappa shape index (κ3) is 3.79. The van der Waals surface area contributed by atoms with Crippen molar-refractivity contribution in [3.8, 4) is 11.5 Å². The van der Waals surface area contributed by atoms with Gasteiger partial charge in [0, 0.05) is 6.07 Å². The molecule has 1 aromatic carbocycles. The molecule has 0 radical (unpaired) electrons. The summed E-state index contributed by atoms with van der Waals surface area (Å²) in [6, 6.07) is 6.83. The summed E-state index contributed by atoms with van der Waals surface area (Å²) in [7, 11) is 0. The summed E-state index contributed by atoms with van der Waals surface area (Å²) in [5, 5.41) is 8.84. The molecular weight excluding hydrogens is 262 g/mol. The number of carbonyl (C=O) groups is 1. The lowest BCUT2D eigenvalue weighted by molar-refractivity contribution is -0.133. The number of hydrogen-bond donors (Lipinski definition) is 4. The van der Waals surface area contributed by atoms with Crippen LogP contribution in [0.2, 0.25) is 0 Å². The molecule has 1 aromatic rings. The molecule has 6 N–H and O–H groups in total. The zero-order chi connectivity index (χ0) is 14.5. The maximum absolute atomic E-state index is 10.8. The predicted octanol–water partition coefficient (Wildman–Crippen LogP) is 0.530. The van der Waals surface area contributed by atoms with Gasteiger partial charge in [0.15, 0.2) is 5.70 Å². The number of rotatable bonds is 7. The van der Waals surface area contributed by atoms with Gasteiger partial charge in [-0.3, -0.25) is 5.84 Å². The molecule has 20 heavy (non-hydrogen) atoms. The van der Waals surface area contributed by atoms with Crippen LogP contribution in [0, 0.1) is 5.92 Å². The van der Waals surface area contributed by atoms with Crippen molar-refractivity contribution >= 4 is 5.97 Å². The van der Waals surface area contributed by atoms with Crippen molar-refractivity contribution in [1.29, 1.82) is 0 Å². The fourth-order valence-corrected chi connectivity index (χ4v) is 1.54. The highest BCUT2D eigenvalue weighted by Crippen LogP contribution is 2.30. The van der Waals surface area contributed by atoms with Crippen molar-refractivity contribution in [2.75, 3.05) is 6.61 Å².